The number of nitrogens with zero attached hydrogens (tertiary/aromatic N) is 2. The van der Waals surface area contributed by atoms with Gasteiger partial charge in [0, 0.05) is 25.8 Å². The number of anilines is 1. The Hall–Kier alpha value is -2.56. The van der Waals surface area contributed by atoms with Crippen molar-refractivity contribution >= 4 is 11.7 Å². The second kappa shape index (κ2) is 7.77. The fraction of sp³-hybridized carbons (Fsp3) is 0.429. The van der Waals surface area contributed by atoms with Crippen molar-refractivity contribution in [3.8, 4) is 5.75 Å². The SMILES string of the molecule is O=C(c1ccc(NC[C@H]2CCOc3ccccc3C2)nc1)N1CCCC1. The number of amides is 1. The van der Waals surface area contributed by atoms with Gasteiger partial charge in [-0.1, -0.05) is 18.2 Å². The van der Waals surface area contributed by atoms with Gasteiger partial charge < -0.3 is 15.0 Å². The molecule has 2 aliphatic rings. The van der Waals surface area contributed by atoms with E-state index in [-0.39, 0.29) is 5.91 Å². The molecule has 1 aromatic heterocycles. The molecule has 1 amide bonds. The maximum atomic E-state index is 12.4. The standard InChI is InChI=1S/C21H25N3O2/c25-21(24-10-3-4-11-24)18-7-8-20(23-15-18)22-14-16-9-12-26-19-6-2-1-5-17(19)13-16/h1-2,5-8,15-16H,3-4,9-14H2,(H,22,23)/t16-/m0/s1. The largest absolute Gasteiger partial charge is 0.493 e. The number of fused-ring (bicyclic) bond motifs is 1. The van der Waals surface area contributed by atoms with E-state index < -0.39 is 0 Å². The lowest BCUT2D eigenvalue weighted by molar-refractivity contribution is 0.0792. The molecule has 0 bridgehead atoms. The number of rotatable bonds is 4. The van der Waals surface area contributed by atoms with Gasteiger partial charge in [-0.15, -0.1) is 0 Å². The lowest BCUT2D eigenvalue weighted by Gasteiger charge is -2.16. The van der Waals surface area contributed by atoms with E-state index in [0.29, 0.717) is 11.5 Å². The molecule has 0 spiro atoms. The average Bonchev–Trinajstić information content (AvgIpc) is 3.14. The van der Waals surface area contributed by atoms with E-state index in [2.05, 4.69) is 22.4 Å². The molecule has 5 nitrogen and oxygen atoms in total. The van der Waals surface area contributed by atoms with Gasteiger partial charge in [-0.05, 0) is 55.4 Å². The second-order valence-electron chi connectivity index (χ2n) is 7.13. The topological polar surface area (TPSA) is 54.5 Å². The average molecular weight is 351 g/mol. The van der Waals surface area contributed by atoms with E-state index in [1.165, 1.54) is 5.56 Å². The third-order valence-corrected chi connectivity index (χ3v) is 5.24. The Morgan fingerprint density at radius 2 is 2.04 bits per heavy atom. The molecule has 2 aromatic rings. The smallest absolute Gasteiger partial charge is 0.255 e. The number of aromatic nitrogens is 1. The van der Waals surface area contributed by atoms with Gasteiger partial charge in [0.15, 0.2) is 0 Å². The number of carbonyl (C=O) groups is 1. The van der Waals surface area contributed by atoms with E-state index in [1.54, 1.807) is 6.20 Å². The summed E-state index contributed by atoms with van der Waals surface area (Å²) in [5.41, 5.74) is 1.95. The molecule has 0 radical (unpaired) electrons. The number of hydrogen-bond donors (Lipinski definition) is 1. The van der Waals surface area contributed by atoms with Gasteiger partial charge in [0.05, 0.1) is 12.2 Å². The van der Waals surface area contributed by atoms with Crippen molar-refractivity contribution in [3.05, 3.63) is 53.7 Å². The number of likely N-dealkylation sites (tertiary alicyclic amines) is 1. The Balaban J connectivity index is 1.34. The van der Waals surface area contributed by atoms with Gasteiger partial charge in [0.25, 0.3) is 5.91 Å². The van der Waals surface area contributed by atoms with Crippen LogP contribution in [0, 0.1) is 5.92 Å². The van der Waals surface area contributed by atoms with Gasteiger partial charge in [-0.2, -0.15) is 0 Å². The summed E-state index contributed by atoms with van der Waals surface area (Å²) < 4.78 is 5.84. The lowest BCUT2D eigenvalue weighted by Crippen LogP contribution is -2.27. The van der Waals surface area contributed by atoms with Gasteiger partial charge >= 0.3 is 0 Å². The van der Waals surface area contributed by atoms with Crippen LogP contribution >= 0.6 is 0 Å². The highest BCUT2D eigenvalue weighted by atomic mass is 16.5. The fourth-order valence-corrected chi connectivity index (χ4v) is 3.71. The van der Waals surface area contributed by atoms with Gasteiger partial charge in [-0.25, -0.2) is 4.98 Å². The number of benzene rings is 1. The summed E-state index contributed by atoms with van der Waals surface area (Å²) in [5.74, 6) is 2.43. The molecule has 1 saturated heterocycles. The zero-order chi connectivity index (χ0) is 17.8. The number of ether oxygens (including phenoxy) is 1. The minimum absolute atomic E-state index is 0.0964. The van der Waals surface area contributed by atoms with Gasteiger partial charge in [-0.3, -0.25) is 4.79 Å². The molecule has 1 aromatic carbocycles. The lowest BCUT2D eigenvalue weighted by atomic mass is 9.97. The van der Waals surface area contributed by atoms with Crippen molar-refractivity contribution in [3.63, 3.8) is 0 Å². The first-order valence-corrected chi connectivity index (χ1v) is 9.49. The van der Waals surface area contributed by atoms with Crippen LogP contribution in [-0.4, -0.2) is 42.0 Å². The Labute approximate surface area is 154 Å². The summed E-state index contributed by atoms with van der Waals surface area (Å²) in [6.07, 6.45) is 5.93. The van der Waals surface area contributed by atoms with E-state index in [4.69, 9.17) is 4.74 Å². The van der Waals surface area contributed by atoms with Crippen molar-refractivity contribution < 1.29 is 9.53 Å². The molecule has 0 aliphatic carbocycles. The third kappa shape index (κ3) is 3.82. The van der Waals surface area contributed by atoms with Crippen molar-refractivity contribution in [1.29, 1.82) is 0 Å². The highest BCUT2D eigenvalue weighted by Crippen LogP contribution is 2.26. The van der Waals surface area contributed by atoms with Crippen molar-refractivity contribution in [2.24, 2.45) is 5.92 Å². The van der Waals surface area contributed by atoms with E-state index in [9.17, 15) is 4.79 Å². The van der Waals surface area contributed by atoms with Crippen LogP contribution in [0.2, 0.25) is 0 Å². The minimum atomic E-state index is 0.0964. The first-order chi connectivity index (χ1) is 12.8. The first kappa shape index (κ1) is 16.9. The van der Waals surface area contributed by atoms with Gasteiger partial charge in [0.2, 0.25) is 0 Å². The molecule has 26 heavy (non-hydrogen) atoms. The van der Waals surface area contributed by atoms with Crippen molar-refractivity contribution in [2.75, 3.05) is 31.6 Å². The highest BCUT2D eigenvalue weighted by Gasteiger charge is 2.20. The van der Waals surface area contributed by atoms with Crippen molar-refractivity contribution in [1.82, 2.24) is 9.88 Å². The number of para-hydroxylation sites is 1. The molecule has 1 fully saturated rings. The van der Waals surface area contributed by atoms with Gasteiger partial charge in [0.1, 0.15) is 11.6 Å². The maximum absolute atomic E-state index is 12.4. The molecule has 4 rings (SSSR count). The second-order valence-corrected chi connectivity index (χ2v) is 7.13. The summed E-state index contributed by atoms with van der Waals surface area (Å²) in [7, 11) is 0. The molecule has 136 valence electrons. The Morgan fingerprint density at radius 1 is 1.19 bits per heavy atom. The molecule has 1 atom stereocenters. The predicted octanol–water partition coefficient (Wildman–Crippen LogP) is 3.37. The monoisotopic (exact) mass is 351 g/mol. The van der Waals surface area contributed by atoms with Crippen LogP contribution in [0.15, 0.2) is 42.6 Å². The number of nitrogens with one attached hydrogen (secondary N) is 1. The zero-order valence-corrected chi connectivity index (χ0v) is 15.0. The van der Waals surface area contributed by atoms with Crippen LogP contribution in [0.4, 0.5) is 5.82 Å². The molecular weight excluding hydrogens is 326 g/mol. The molecule has 0 saturated carbocycles. The minimum Gasteiger partial charge on any atom is -0.493 e. The molecule has 1 N–H and O–H groups in total. The number of hydrogen-bond acceptors (Lipinski definition) is 4. The van der Waals surface area contributed by atoms with Crippen LogP contribution in [0.25, 0.3) is 0 Å². The maximum Gasteiger partial charge on any atom is 0.255 e. The Morgan fingerprint density at radius 3 is 2.85 bits per heavy atom. The van der Waals surface area contributed by atoms with Crippen LogP contribution in [-0.2, 0) is 6.42 Å². The summed E-state index contributed by atoms with van der Waals surface area (Å²) in [6, 6.07) is 12.1. The summed E-state index contributed by atoms with van der Waals surface area (Å²) in [4.78, 5) is 18.7. The van der Waals surface area contributed by atoms with Crippen molar-refractivity contribution in [2.45, 2.75) is 25.7 Å². The van der Waals surface area contributed by atoms with Crippen LogP contribution in [0.1, 0.15) is 35.2 Å². The number of pyridine rings is 1. The van der Waals surface area contributed by atoms with E-state index >= 15 is 0 Å². The first-order valence-electron chi connectivity index (χ1n) is 9.49. The molecule has 2 aliphatic heterocycles. The van der Waals surface area contributed by atoms with Crippen LogP contribution in [0.3, 0.4) is 0 Å². The molecule has 5 heteroatoms. The quantitative estimate of drug-likeness (QED) is 0.918. The van der Waals surface area contributed by atoms with E-state index in [1.807, 2.05) is 29.2 Å². The van der Waals surface area contributed by atoms with Crippen LogP contribution in [0.5, 0.6) is 5.75 Å². The normalized spacial score (nSPS) is 19.4. The molecule has 0 unspecified atom stereocenters. The summed E-state index contributed by atoms with van der Waals surface area (Å²) in [6.45, 7) is 3.33. The molecular formula is C21H25N3O2. The van der Waals surface area contributed by atoms with E-state index in [0.717, 1.165) is 63.5 Å². The van der Waals surface area contributed by atoms with Crippen LogP contribution < -0.4 is 10.1 Å². The fourth-order valence-electron chi connectivity index (χ4n) is 3.71. The Bertz CT molecular complexity index is 754. The summed E-state index contributed by atoms with van der Waals surface area (Å²) in [5, 5.41) is 3.42. The number of carbonyl (C=O) groups excluding carboxylic acids is 1. The predicted molar refractivity (Wildman–Crippen MR) is 102 cm³/mol. The Kier molecular flexibility index (Phi) is 5.04. The third-order valence-electron chi connectivity index (χ3n) is 5.24. The highest BCUT2D eigenvalue weighted by molar-refractivity contribution is 5.94. The molecule has 3 heterocycles. The summed E-state index contributed by atoms with van der Waals surface area (Å²) >= 11 is 0. The zero-order valence-electron chi connectivity index (χ0n) is 15.0.